The van der Waals surface area contributed by atoms with Gasteiger partial charge >= 0.3 is 6.09 Å². The Morgan fingerprint density at radius 3 is 2.88 bits per heavy atom. The third kappa shape index (κ3) is 4.70. The summed E-state index contributed by atoms with van der Waals surface area (Å²) in [7, 11) is 0. The van der Waals surface area contributed by atoms with Gasteiger partial charge in [0.1, 0.15) is 17.8 Å². The summed E-state index contributed by atoms with van der Waals surface area (Å²) in [5, 5.41) is 21.0. The molecule has 0 radical (unpaired) electrons. The van der Waals surface area contributed by atoms with Gasteiger partial charge in [0.05, 0.1) is 18.1 Å². The number of rotatable bonds is 6. The molecule has 1 amide bonds. The lowest BCUT2D eigenvalue weighted by Gasteiger charge is -2.22. The van der Waals surface area contributed by atoms with Crippen LogP contribution in [0.2, 0.25) is 0 Å². The molecule has 0 bridgehead atoms. The molecule has 1 aliphatic heterocycles. The highest BCUT2D eigenvalue weighted by molar-refractivity contribution is 5.72. The average molecular weight is 471 g/mol. The van der Waals surface area contributed by atoms with E-state index >= 15 is 4.39 Å². The minimum absolute atomic E-state index is 0.0619. The van der Waals surface area contributed by atoms with Crippen LogP contribution in [0.3, 0.4) is 0 Å². The fraction of sp³-hybridized carbons (Fsp3) is 0.565. The van der Waals surface area contributed by atoms with Crippen LogP contribution in [-0.4, -0.2) is 62.3 Å². The van der Waals surface area contributed by atoms with Crippen LogP contribution in [0.4, 0.5) is 20.8 Å². The molecule has 3 aromatic heterocycles. The summed E-state index contributed by atoms with van der Waals surface area (Å²) in [6.45, 7) is 5.62. The van der Waals surface area contributed by atoms with Gasteiger partial charge in [0.15, 0.2) is 11.6 Å². The number of hydrogen-bond acceptors (Lipinski definition) is 7. The van der Waals surface area contributed by atoms with Crippen molar-refractivity contribution in [2.75, 3.05) is 18.4 Å². The number of amides is 1. The van der Waals surface area contributed by atoms with Crippen molar-refractivity contribution < 1.29 is 13.9 Å². The summed E-state index contributed by atoms with van der Waals surface area (Å²) >= 11 is 0. The number of aromatic amines is 1. The van der Waals surface area contributed by atoms with Gasteiger partial charge in [0.25, 0.3) is 0 Å². The Morgan fingerprint density at radius 2 is 2.09 bits per heavy atom. The summed E-state index contributed by atoms with van der Waals surface area (Å²) in [5.41, 5.74) is 2.51. The Kier molecular flexibility index (Phi) is 6.36. The number of carbonyl (C=O) groups is 1. The van der Waals surface area contributed by atoms with Crippen LogP contribution in [0.1, 0.15) is 62.8 Å². The second-order valence-electron chi connectivity index (χ2n) is 9.40. The van der Waals surface area contributed by atoms with Crippen LogP contribution in [-0.2, 0) is 4.74 Å². The number of alkyl halides is 1. The first-order valence-electron chi connectivity index (χ1n) is 12.0. The van der Waals surface area contributed by atoms with Gasteiger partial charge < -0.3 is 20.7 Å². The van der Waals surface area contributed by atoms with Crippen molar-refractivity contribution in [1.82, 2.24) is 35.4 Å². The predicted octanol–water partition coefficient (Wildman–Crippen LogP) is 3.38. The largest absolute Gasteiger partial charge is 0.443 e. The van der Waals surface area contributed by atoms with Gasteiger partial charge in [-0.3, -0.25) is 5.10 Å². The standard InChI is InChI=1S/C23H31FN8O2/c1-13(2)27-23(33)34-19-4-3-15(21(19)24)16-11-20(31-30-16)29-22-18-7-10-26-32(18)12-17(28-22)14-5-8-25-9-6-14/h7,10-15,19,21,25H,3-6,8-9H2,1-2H3,(H,27,33)(H2,28,29,30,31)/t15-,19-,21+/m1/s1. The number of halogens is 1. The van der Waals surface area contributed by atoms with Crippen LogP contribution in [0, 0.1) is 0 Å². The molecule has 182 valence electrons. The molecule has 4 heterocycles. The number of anilines is 2. The van der Waals surface area contributed by atoms with Gasteiger partial charge in [-0.05, 0) is 58.7 Å². The summed E-state index contributed by atoms with van der Waals surface area (Å²) in [4.78, 5) is 16.8. The lowest BCUT2D eigenvalue weighted by molar-refractivity contribution is 0.0555. The zero-order chi connectivity index (χ0) is 23.7. The van der Waals surface area contributed by atoms with E-state index in [1.54, 1.807) is 12.3 Å². The van der Waals surface area contributed by atoms with Gasteiger partial charge in [-0.15, -0.1) is 0 Å². The van der Waals surface area contributed by atoms with Crippen molar-refractivity contribution in [3.8, 4) is 0 Å². The SMILES string of the molecule is CC(C)NC(=O)O[C@@H]1CC[C@H](c2cc(Nc3nc(C4CCNCC4)cn4nccc34)n[nH]2)[C@@H]1F. The Hall–Kier alpha value is -3.21. The smallest absolute Gasteiger partial charge is 0.407 e. The minimum Gasteiger partial charge on any atom is -0.443 e. The van der Waals surface area contributed by atoms with E-state index < -0.39 is 24.3 Å². The number of aromatic nitrogens is 5. The van der Waals surface area contributed by atoms with Gasteiger partial charge in [-0.2, -0.15) is 10.2 Å². The van der Waals surface area contributed by atoms with Crippen molar-refractivity contribution in [3.63, 3.8) is 0 Å². The third-order valence-corrected chi connectivity index (χ3v) is 6.58. The van der Waals surface area contributed by atoms with E-state index in [1.807, 2.05) is 30.6 Å². The van der Waals surface area contributed by atoms with E-state index in [2.05, 4.69) is 31.2 Å². The van der Waals surface area contributed by atoms with Crippen LogP contribution in [0.15, 0.2) is 24.5 Å². The monoisotopic (exact) mass is 470 g/mol. The number of alkyl carbamates (subject to hydrolysis) is 1. The maximum absolute atomic E-state index is 15.1. The lowest BCUT2D eigenvalue weighted by atomic mass is 9.95. The fourth-order valence-corrected chi connectivity index (χ4v) is 4.84. The number of hydrogen-bond donors (Lipinski definition) is 4. The number of fused-ring (bicyclic) bond motifs is 1. The summed E-state index contributed by atoms with van der Waals surface area (Å²) in [6.07, 6.45) is 4.19. The maximum Gasteiger partial charge on any atom is 0.407 e. The molecule has 0 spiro atoms. The normalized spacial score (nSPS) is 23.5. The zero-order valence-corrected chi connectivity index (χ0v) is 19.4. The van der Waals surface area contributed by atoms with Gasteiger partial charge in [0.2, 0.25) is 0 Å². The third-order valence-electron chi connectivity index (χ3n) is 6.58. The van der Waals surface area contributed by atoms with Crippen molar-refractivity contribution in [3.05, 3.63) is 35.9 Å². The van der Waals surface area contributed by atoms with Crippen molar-refractivity contribution >= 4 is 23.2 Å². The topological polar surface area (TPSA) is 121 Å². The summed E-state index contributed by atoms with van der Waals surface area (Å²) in [6, 6.07) is 3.64. The number of nitrogens with one attached hydrogen (secondary N) is 4. The van der Waals surface area contributed by atoms with Gasteiger partial charge in [-0.1, -0.05) is 0 Å². The van der Waals surface area contributed by atoms with Crippen molar-refractivity contribution in [1.29, 1.82) is 0 Å². The van der Waals surface area contributed by atoms with E-state index in [4.69, 9.17) is 9.72 Å². The number of nitrogens with zero attached hydrogens (tertiary/aromatic N) is 4. The molecule has 3 aromatic rings. The highest BCUT2D eigenvalue weighted by Gasteiger charge is 2.41. The minimum atomic E-state index is -1.30. The first kappa shape index (κ1) is 22.6. The van der Waals surface area contributed by atoms with Crippen molar-refractivity contribution in [2.45, 2.75) is 69.7 Å². The number of ether oxygens (including phenoxy) is 1. The number of piperidine rings is 1. The average Bonchev–Trinajstić information content (AvgIpc) is 3.55. The van der Waals surface area contributed by atoms with Crippen LogP contribution in [0.5, 0.6) is 0 Å². The molecule has 1 aliphatic carbocycles. The van der Waals surface area contributed by atoms with E-state index in [0.717, 1.165) is 37.1 Å². The second kappa shape index (κ2) is 9.57. The molecular formula is C23H31FN8O2. The number of H-pyrrole nitrogens is 1. The molecule has 11 heteroatoms. The van der Waals surface area contributed by atoms with Gasteiger partial charge in [-0.25, -0.2) is 18.7 Å². The Labute approximate surface area is 197 Å². The Bertz CT molecular complexity index is 1140. The lowest BCUT2D eigenvalue weighted by Crippen LogP contribution is -2.36. The van der Waals surface area contributed by atoms with Crippen LogP contribution in [0.25, 0.3) is 5.52 Å². The molecule has 0 aromatic carbocycles. The van der Waals surface area contributed by atoms with Crippen LogP contribution < -0.4 is 16.0 Å². The van der Waals surface area contributed by atoms with E-state index in [-0.39, 0.29) is 6.04 Å². The fourth-order valence-electron chi connectivity index (χ4n) is 4.84. The Morgan fingerprint density at radius 1 is 1.26 bits per heavy atom. The molecule has 1 saturated carbocycles. The first-order valence-corrected chi connectivity index (χ1v) is 12.0. The molecule has 34 heavy (non-hydrogen) atoms. The molecule has 4 N–H and O–H groups in total. The predicted molar refractivity (Wildman–Crippen MR) is 125 cm³/mol. The Balaban J connectivity index is 1.30. The molecule has 1 saturated heterocycles. The second-order valence-corrected chi connectivity index (χ2v) is 9.40. The summed E-state index contributed by atoms with van der Waals surface area (Å²) in [5.74, 6) is 1.19. The summed E-state index contributed by atoms with van der Waals surface area (Å²) < 4.78 is 22.2. The zero-order valence-electron chi connectivity index (χ0n) is 19.4. The molecule has 0 unspecified atom stereocenters. The maximum atomic E-state index is 15.1. The van der Waals surface area contributed by atoms with E-state index in [9.17, 15) is 4.79 Å². The molecule has 10 nitrogen and oxygen atoms in total. The van der Waals surface area contributed by atoms with E-state index in [0.29, 0.717) is 36.1 Å². The number of carbonyl (C=O) groups excluding carboxylic acids is 1. The van der Waals surface area contributed by atoms with E-state index in [1.165, 1.54) is 0 Å². The molecular weight excluding hydrogens is 439 g/mol. The van der Waals surface area contributed by atoms with Crippen LogP contribution >= 0.6 is 0 Å². The molecule has 2 fully saturated rings. The van der Waals surface area contributed by atoms with Crippen molar-refractivity contribution in [2.24, 2.45) is 0 Å². The van der Waals surface area contributed by atoms with Gasteiger partial charge in [0, 0.05) is 29.6 Å². The first-order chi connectivity index (χ1) is 16.5. The molecule has 2 aliphatic rings. The molecule has 3 atom stereocenters. The highest BCUT2D eigenvalue weighted by Crippen LogP contribution is 2.38. The highest BCUT2D eigenvalue weighted by atomic mass is 19.1. The quantitative estimate of drug-likeness (QED) is 0.436. The molecule has 5 rings (SSSR count).